The van der Waals surface area contributed by atoms with Crippen molar-refractivity contribution in [3.8, 4) is 5.75 Å². The van der Waals surface area contributed by atoms with E-state index in [-0.39, 0.29) is 11.9 Å². The summed E-state index contributed by atoms with van der Waals surface area (Å²) in [5, 5.41) is 3.97. The summed E-state index contributed by atoms with van der Waals surface area (Å²) in [4.78, 5) is 12.5. The van der Waals surface area contributed by atoms with E-state index in [0.717, 1.165) is 16.7 Å². The van der Waals surface area contributed by atoms with Crippen LogP contribution in [0.2, 0.25) is 0 Å². The lowest BCUT2D eigenvalue weighted by Gasteiger charge is -2.13. The predicted octanol–water partition coefficient (Wildman–Crippen LogP) is 4.69. The van der Waals surface area contributed by atoms with Gasteiger partial charge in [0.1, 0.15) is 17.1 Å². The van der Waals surface area contributed by atoms with Crippen LogP contribution in [0.25, 0.3) is 11.0 Å². The van der Waals surface area contributed by atoms with Crippen LogP contribution in [0.3, 0.4) is 0 Å². The van der Waals surface area contributed by atoms with Gasteiger partial charge in [0.25, 0.3) is 5.91 Å². The van der Waals surface area contributed by atoms with Gasteiger partial charge in [-0.15, -0.1) is 0 Å². The van der Waals surface area contributed by atoms with Crippen molar-refractivity contribution < 1.29 is 13.9 Å². The van der Waals surface area contributed by atoms with Gasteiger partial charge in [-0.25, -0.2) is 0 Å². The summed E-state index contributed by atoms with van der Waals surface area (Å²) in [6.07, 6.45) is 0. The molecule has 0 spiro atoms. The van der Waals surface area contributed by atoms with E-state index in [0.29, 0.717) is 15.8 Å². The molecule has 2 aromatic carbocycles. The zero-order valence-corrected chi connectivity index (χ0v) is 14.4. The lowest BCUT2D eigenvalue weighted by molar-refractivity contribution is 0.0934. The zero-order chi connectivity index (χ0) is 16.4. The lowest BCUT2D eigenvalue weighted by atomic mass is 10.1. The van der Waals surface area contributed by atoms with Crippen LogP contribution in [0.5, 0.6) is 5.75 Å². The van der Waals surface area contributed by atoms with E-state index < -0.39 is 0 Å². The third-order valence-electron chi connectivity index (χ3n) is 3.64. The fourth-order valence-electron chi connectivity index (χ4n) is 2.37. The molecule has 3 aromatic rings. The minimum atomic E-state index is -0.243. The molecule has 1 heterocycles. The quantitative estimate of drug-likeness (QED) is 0.721. The van der Waals surface area contributed by atoms with Gasteiger partial charge in [0.2, 0.25) is 0 Å². The maximum absolute atomic E-state index is 12.5. The molecule has 0 aliphatic carbocycles. The molecule has 0 saturated carbocycles. The fourth-order valence-corrected chi connectivity index (χ4v) is 2.79. The minimum absolute atomic E-state index is 0.191. The molecule has 0 fully saturated rings. The molecule has 0 saturated heterocycles. The number of methoxy groups -OCH3 is 1. The molecule has 0 aliphatic heterocycles. The molecule has 0 aliphatic rings. The molecule has 0 unspecified atom stereocenters. The molecule has 5 heteroatoms. The average molecular weight is 374 g/mol. The summed E-state index contributed by atoms with van der Waals surface area (Å²) < 4.78 is 11.7. The number of benzene rings is 2. The Kier molecular flexibility index (Phi) is 4.39. The van der Waals surface area contributed by atoms with E-state index in [2.05, 4.69) is 21.2 Å². The van der Waals surface area contributed by atoms with E-state index in [1.807, 2.05) is 37.3 Å². The van der Waals surface area contributed by atoms with Gasteiger partial charge in [0.05, 0.1) is 18.7 Å². The predicted molar refractivity (Wildman–Crippen MR) is 92.8 cm³/mol. The molecular weight excluding hydrogens is 358 g/mol. The van der Waals surface area contributed by atoms with E-state index in [1.165, 1.54) is 0 Å². The number of halogens is 1. The van der Waals surface area contributed by atoms with Crippen LogP contribution in [0.15, 0.2) is 57.4 Å². The van der Waals surface area contributed by atoms with Crippen LogP contribution in [0.1, 0.15) is 29.1 Å². The van der Waals surface area contributed by atoms with Crippen molar-refractivity contribution in [2.45, 2.75) is 13.0 Å². The average Bonchev–Trinajstić information content (AvgIpc) is 2.99. The summed E-state index contributed by atoms with van der Waals surface area (Å²) in [5.74, 6) is 1.16. The largest absolute Gasteiger partial charge is 0.497 e. The number of nitrogens with one attached hydrogen (secondary N) is 1. The second-order valence-electron chi connectivity index (χ2n) is 5.23. The number of fused-ring (bicyclic) bond motifs is 1. The molecule has 1 N–H and O–H groups in total. The topological polar surface area (TPSA) is 51.5 Å². The second kappa shape index (κ2) is 6.46. The molecule has 1 atom stereocenters. The van der Waals surface area contributed by atoms with Crippen LogP contribution in [0.4, 0.5) is 0 Å². The van der Waals surface area contributed by atoms with Crippen LogP contribution in [-0.4, -0.2) is 13.0 Å². The third kappa shape index (κ3) is 3.24. The monoisotopic (exact) mass is 373 g/mol. The van der Waals surface area contributed by atoms with E-state index in [4.69, 9.17) is 9.15 Å². The van der Waals surface area contributed by atoms with Crippen molar-refractivity contribution in [2.24, 2.45) is 0 Å². The van der Waals surface area contributed by atoms with Crippen molar-refractivity contribution in [3.05, 3.63) is 64.3 Å². The Hall–Kier alpha value is -2.27. The maximum atomic E-state index is 12.5. The number of furan rings is 1. The summed E-state index contributed by atoms with van der Waals surface area (Å²) >= 11 is 3.39. The van der Waals surface area contributed by atoms with Crippen molar-refractivity contribution in [1.29, 1.82) is 0 Å². The zero-order valence-electron chi connectivity index (χ0n) is 12.8. The number of carbonyl (C=O) groups excluding carboxylic acids is 1. The molecule has 0 radical (unpaired) electrons. The first-order valence-corrected chi connectivity index (χ1v) is 8.00. The minimum Gasteiger partial charge on any atom is -0.497 e. The summed E-state index contributed by atoms with van der Waals surface area (Å²) in [6.45, 7) is 1.89. The molecule has 3 rings (SSSR count). The Bertz CT molecular complexity index is 823. The second-order valence-corrected chi connectivity index (χ2v) is 6.08. The van der Waals surface area contributed by atoms with Crippen molar-refractivity contribution in [3.63, 3.8) is 0 Å². The Labute approximate surface area is 142 Å². The van der Waals surface area contributed by atoms with Crippen molar-refractivity contribution in [2.75, 3.05) is 7.11 Å². The molecule has 23 heavy (non-hydrogen) atoms. The van der Waals surface area contributed by atoms with E-state index in [9.17, 15) is 4.79 Å². The molecule has 0 bridgehead atoms. The van der Waals surface area contributed by atoms with Gasteiger partial charge in [-0.2, -0.15) is 0 Å². The number of amides is 1. The SMILES string of the molecule is COc1ccc(Br)c(C(=O)N[C@@H](C)c2cc3ccccc3o2)c1. The summed E-state index contributed by atoms with van der Waals surface area (Å²) in [5.41, 5.74) is 1.33. The maximum Gasteiger partial charge on any atom is 0.253 e. The summed E-state index contributed by atoms with van der Waals surface area (Å²) in [6, 6.07) is 14.8. The van der Waals surface area contributed by atoms with Crippen LogP contribution < -0.4 is 10.1 Å². The first-order valence-electron chi connectivity index (χ1n) is 7.21. The third-order valence-corrected chi connectivity index (χ3v) is 4.33. The van der Waals surface area contributed by atoms with Crippen LogP contribution in [-0.2, 0) is 0 Å². The lowest BCUT2D eigenvalue weighted by Crippen LogP contribution is -2.26. The summed E-state index contributed by atoms with van der Waals surface area (Å²) in [7, 11) is 1.57. The number of hydrogen-bond acceptors (Lipinski definition) is 3. The highest BCUT2D eigenvalue weighted by Crippen LogP contribution is 2.26. The number of para-hydroxylation sites is 1. The van der Waals surface area contributed by atoms with E-state index >= 15 is 0 Å². The van der Waals surface area contributed by atoms with Crippen molar-refractivity contribution in [1.82, 2.24) is 5.32 Å². The Balaban J connectivity index is 1.81. The molecule has 1 aromatic heterocycles. The van der Waals surface area contributed by atoms with Gasteiger partial charge < -0.3 is 14.5 Å². The Morgan fingerprint density at radius 1 is 1.22 bits per heavy atom. The van der Waals surface area contributed by atoms with Gasteiger partial charge in [0, 0.05) is 9.86 Å². The van der Waals surface area contributed by atoms with Gasteiger partial charge in [0.15, 0.2) is 0 Å². The molecule has 118 valence electrons. The number of hydrogen-bond donors (Lipinski definition) is 1. The smallest absolute Gasteiger partial charge is 0.253 e. The van der Waals surface area contributed by atoms with Gasteiger partial charge >= 0.3 is 0 Å². The normalized spacial score (nSPS) is 12.1. The van der Waals surface area contributed by atoms with Gasteiger partial charge in [-0.3, -0.25) is 4.79 Å². The standard InChI is InChI=1S/C18H16BrNO3/c1-11(17-9-12-5-3-4-6-16(12)23-17)20-18(21)14-10-13(22-2)7-8-15(14)19/h3-11H,1-2H3,(H,20,21)/t11-/m0/s1. The van der Waals surface area contributed by atoms with Crippen LogP contribution in [0, 0.1) is 0 Å². The molecular formula is C18H16BrNO3. The van der Waals surface area contributed by atoms with Gasteiger partial charge in [-0.1, -0.05) is 18.2 Å². The number of rotatable bonds is 4. The van der Waals surface area contributed by atoms with Gasteiger partial charge in [-0.05, 0) is 53.2 Å². The highest BCUT2D eigenvalue weighted by atomic mass is 79.9. The van der Waals surface area contributed by atoms with E-state index in [1.54, 1.807) is 25.3 Å². The first kappa shape index (κ1) is 15.6. The van der Waals surface area contributed by atoms with Crippen LogP contribution >= 0.6 is 15.9 Å². The number of ether oxygens (including phenoxy) is 1. The Morgan fingerprint density at radius 3 is 2.74 bits per heavy atom. The molecule has 1 amide bonds. The highest BCUT2D eigenvalue weighted by molar-refractivity contribution is 9.10. The highest BCUT2D eigenvalue weighted by Gasteiger charge is 2.17. The fraction of sp³-hybridized carbons (Fsp3) is 0.167. The first-order chi connectivity index (χ1) is 11.1. The Morgan fingerprint density at radius 2 is 2.00 bits per heavy atom. The van der Waals surface area contributed by atoms with Crippen molar-refractivity contribution >= 4 is 32.8 Å². The molecule has 4 nitrogen and oxygen atoms in total. The number of carbonyl (C=O) groups is 1.